The van der Waals surface area contributed by atoms with Gasteiger partial charge < -0.3 is 15.4 Å². The molecule has 0 radical (unpaired) electrons. The lowest BCUT2D eigenvalue weighted by Crippen LogP contribution is -2.38. The number of guanidine groups is 1. The van der Waals surface area contributed by atoms with Crippen LogP contribution >= 0.6 is 0 Å². The first-order chi connectivity index (χ1) is 11.2. The molecule has 1 aromatic carbocycles. The van der Waals surface area contributed by atoms with Gasteiger partial charge in [-0.3, -0.25) is 4.99 Å². The van der Waals surface area contributed by atoms with E-state index in [1.165, 1.54) is 17.5 Å². The van der Waals surface area contributed by atoms with Gasteiger partial charge in [-0.25, -0.2) is 0 Å². The van der Waals surface area contributed by atoms with Crippen LogP contribution in [-0.4, -0.2) is 39.3 Å². The van der Waals surface area contributed by atoms with Crippen molar-refractivity contribution in [3.05, 3.63) is 35.4 Å². The highest BCUT2D eigenvalue weighted by Gasteiger charge is 2.05. The highest BCUT2D eigenvalue weighted by atomic mass is 16.5. The van der Waals surface area contributed by atoms with Crippen LogP contribution in [0.15, 0.2) is 29.3 Å². The molecule has 2 N–H and O–H groups in total. The first-order valence-electron chi connectivity index (χ1n) is 8.75. The zero-order valence-electron chi connectivity index (χ0n) is 15.2. The van der Waals surface area contributed by atoms with Gasteiger partial charge in [0.15, 0.2) is 5.96 Å². The fourth-order valence-corrected chi connectivity index (χ4v) is 2.41. The molecular formula is C19H33N3O. The number of rotatable bonds is 10. The maximum absolute atomic E-state index is 5.07. The highest BCUT2D eigenvalue weighted by Crippen LogP contribution is 2.16. The van der Waals surface area contributed by atoms with Gasteiger partial charge in [0.25, 0.3) is 0 Å². The number of aliphatic imine (C=N–C) groups is 1. The van der Waals surface area contributed by atoms with Crippen molar-refractivity contribution in [1.82, 2.24) is 10.6 Å². The Morgan fingerprint density at radius 1 is 1.22 bits per heavy atom. The standard InChI is InChI=1S/C19H33N3O/c1-5-20-19(21-12-7-6-8-13-23-4)22-15-17(3)18-11-9-10-16(2)14-18/h9-11,14,17H,5-8,12-13,15H2,1-4H3,(H2,20,21,22). The number of nitrogens with zero attached hydrogens (tertiary/aromatic N) is 1. The van der Waals surface area contributed by atoms with Crippen LogP contribution in [0.3, 0.4) is 0 Å². The van der Waals surface area contributed by atoms with Crippen molar-refractivity contribution in [3.63, 3.8) is 0 Å². The van der Waals surface area contributed by atoms with E-state index < -0.39 is 0 Å². The first-order valence-corrected chi connectivity index (χ1v) is 8.75. The van der Waals surface area contributed by atoms with Gasteiger partial charge in [0.1, 0.15) is 0 Å². The summed E-state index contributed by atoms with van der Waals surface area (Å²) in [5.74, 6) is 1.34. The van der Waals surface area contributed by atoms with Crippen LogP contribution in [0.25, 0.3) is 0 Å². The van der Waals surface area contributed by atoms with Crippen molar-refractivity contribution < 1.29 is 4.74 Å². The number of ether oxygens (including phenoxy) is 1. The molecule has 1 unspecified atom stereocenters. The predicted octanol–water partition coefficient (Wildman–Crippen LogP) is 3.47. The lowest BCUT2D eigenvalue weighted by atomic mass is 10.00. The number of unbranched alkanes of at least 4 members (excludes halogenated alkanes) is 2. The van der Waals surface area contributed by atoms with Crippen LogP contribution in [-0.2, 0) is 4.74 Å². The highest BCUT2D eigenvalue weighted by molar-refractivity contribution is 5.79. The van der Waals surface area contributed by atoms with Gasteiger partial charge in [-0.05, 0) is 38.7 Å². The van der Waals surface area contributed by atoms with E-state index in [2.05, 4.69) is 55.7 Å². The third-order valence-electron chi connectivity index (χ3n) is 3.80. The summed E-state index contributed by atoms with van der Waals surface area (Å²) in [6.07, 6.45) is 3.44. The SMILES string of the molecule is CCNC(=NCC(C)c1cccc(C)c1)NCCCCCOC. The van der Waals surface area contributed by atoms with Crippen LogP contribution in [0.2, 0.25) is 0 Å². The normalized spacial score (nSPS) is 13.0. The van der Waals surface area contributed by atoms with Gasteiger partial charge in [0.05, 0.1) is 0 Å². The largest absolute Gasteiger partial charge is 0.385 e. The minimum Gasteiger partial charge on any atom is -0.385 e. The number of aryl methyl sites for hydroxylation is 1. The number of hydrogen-bond acceptors (Lipinski definition) is 2. The number of benzene rings is 1. The van der Waals surface area contributed by atoms with Gasteiger partial charge in [0.2, 0.25) is 0 Å². The quantitative estimate of drug-likeness (QED) is 0.394. The minimum absolute atomic E-state index is 0.423. The van der Waals surface area contributed by atoms with Gasteiger partial charge in [-0.2, -0.15) is 0 Å². The Morgan fingerprint density at radius 3 is 2.74 bits per heavy atom. The van der Waals surface area contributed by atoms with E-state index in [1.807, 2.05) is 0 Å². The third kappa shape index (κ3) is 8.60. The molecule has 1 rings (SSSR count). The van der Waals surface area contributed by atoms with Crippen LogP contribution in [0.4, 0.5) is 0 Å². The fourth-order valence-electron chi connectivity index (χ4n) is 2.41. The van der Waals surface area contributed by atoms with Crippen LogP contribution in [0, 0.1) is 6.92 Å². The molecule has 0 fully saturated rings. The maximum Gasteiger partial charge on any atom is 0.191 e. The average molecular weight is 319 g/mol. The van der Waals surface area contributed by atoms with Crippen LogP contribution in [0.5, 0.6) is 0 Å². The Bertz CT molecular complexity index is 460. The summed E-state index contributed by atoms with van der Waals surface area (Å²) >= 11 is 0. The van der Waals surface area contributed by atoms with E-state index >= 15 is 0 Å². The van der Waals surface area contributed by atoms with Crippen molar-refractivity contribution in [2.24, 2.45) is 4.99 Å². The predicted molar refractivity (Wildman–Crippen MR) is 99.3 cm³/mol. The van der Waals surface area contributed by atoms with Crippen molar-refractivity contribution in [1.29, 1.82) is 0 Å². The Kier molecular flexibility index (Phi) is 10.1. The molecule has 23 heavy (non-hydrogen) atoms. The molecule has 4 nitrogen and oxygen atoms in total. The molecule has 1 atom stereocenters. The molecule has 0 heterocycles. The summed E-state index contributed by atoms with van der Waals surface area (Å²) in [4.78, 5) is 4.72. The van der Waals surface area contributed by atoms with Gasteiger partial charge in [-0.15, -0.1) is 0 Å². The summed E-state index contributed by atoms with van der Waals surface area (Å²) in [6, 6.07) is 8.68. The summed E-state index contributed by atoms with van der Waals surface area (Å²) in [6.45, 7) is 9.94. The molecule has 0 saturated carbocycles. The molecule has 0 bridgehead atoms. The van der Waals surface area contributed by atoms with E-state index in [1.54, 1.807) is 7.11 Å². The zero-order chi connectivity index (χ0) is 16.9. The molecule has 0 aromatic heterocycles. The van der Waals surface area contributed by atoms with Crippen LogP contribution < -0.4 is 10.6 Å². The lowest BCUT2D eigenvalue weighted by molar-refractivity contribution is 0.192. The average Bonchev–Trinajstić information content (AvgIpc) is 2.55. The monoisotopic (exact) mass is 319 g/mol. The minimum atomic E-state index is 0.423. The van der Waals surface area contributed by atoms with E-state index in [4.69, 9.17) is 9.73 Å². The van der Waals surface area contributed by atoms with Gasteiger partial charge >= 0.3 is 0 Å². The summed E-state index contributed by atoms with van der Waals surface area (Å²) in [5.41, 5.74) is 2.66. The first kappa shape index (κ1) is 19.5. The van der Waals surface area contributed by atoms with Gasteiger partial charge in [0, 0.05) is 39.3 Å². The van der Waals surface area contributed by atoms with E-state index in [0.717, 1.165) is 45.0 Å². The number of hydrogen-bond donors (Lipinski definition) is 2. The van der Waals surface area contributed by atoms with E-state index in [9.17, 15) is 0 Å². The lowest BCUT2D eigenvalue weighted by Gasteiger charge is -2.14. The van der Waals surface area contributed by atoms with Crippen LogP contribution in [0.1, 0.15) is 50.2 Å². The molecule has 0 saturated heterocycles. The van der Waals surface area contributed by atoms with E-state index in [-0.39, 0.29) is 0 Å². The van der Waals surface area contributed by atoms with Crippen molar-refractivity contribution in [2.75, 3.05) is 33.4 Å². The molecule has 130 valence electrons. The second kappa shape index (κ2) is 11.9. The molecule has 0 amide bonds. The second-order valence-corrected chi connectivity index (χ2v) is 6.02. The Morgan fingerprint density at radius 2 is 2.04 bits per heavy atom. The second-order valence-electron chi connectivity index (χ2n) is 6.02. The number of methoxy groups -OCH3 is 1. The molecule has 0 aliphatic heterocycles. The Labute approximate surface area is 141 Å². The summed E-state index contributed by atoms with van der Waals surface area (Å²) in [5, 5.41) is 6.73. The molecule has 4 heteroatoms. The topological polar surface area (TPSA) is 45.7 Å². The molecule has 0 aliphatic carbocycles. The number of nitrogens with one attached hydrogen (secondary N) is 2. The zero-order valence-corrected chi connectivity index (χ0v) is 15.2. The smallest absolute Gasteiger partial charge is 0.191 e. The van der Waals surface area contributed by atoms with E-state index in [0.29, 0.717) is 5.92 Å². The Balaban J connectivity index is 2.41. The van der Waals surface area contributed by atoms with Gasteiger partial charge in [-0.1, -0.05) is 36.8 Å². The molecular weight excluding hydrogens is 286 g/mol. The summed E-state index contributed by atoms with van der Waals surface area (Å²) < 4.78 is 5.07. The fraction of sp³-hybridized carbons (Fsp3) is 0.632. The molecule has 1 aromatic rings. The molecule has 0 aliphatic rings. The van der Waals surface area contributed by atoms with Crippen molar-refractivity contribution >= 4 is 5.96 Å². The maximum atomic E-state index is 5.07. The summed E-state index contributed by atoms with van der Waals surface area (Å²) in [7, 11) is 1.75. The van der Waals surface area contributed by atoms with Crippen molar-refractivity contribution in [2.45, 2.75) is 46.0 Å². The Hall–Kier alpha value is -1.55. The third-order valence-corrected chi connectivity index (χ3v) is 3.80. The van der Waals surface area contributed by atoms with Crippen molar-refractivity contribution in [3.8, 4) is 0 Å². The molecule has 0 spiro atoms.